The van der Waals surface area contributed by atoms with Gasteiger partial charge in [0, 0.05) is 19.2 Å². The predicted octanol–water partition coefficient (Wildman–Crippen LogP) is 2.02. The first-order valence-electron chi connectivity index (χ1n) is 6.41. The Morgan fingerprint density at radius 2 is 2.23 bits per heavy atom. The number of carbonyl (C=O) groups excluding carboxylic acids is 1. The number of methoxy groups -OCH3 is 1. The van der Waals surface area contributed by atoms with E-state index in [0.717, 1.165) is 0 Å². The lowest BCUT2D eigenvalue weighted by Crippen LogP contribution is -2.49. The van der Waals surface area contributed by atoms with Crippen LogP contribution in [0.2, 0.25) is 5.02 Å². The van der Waals surface area contributed by atoms with Crippen molar-refractivity contribution in [2.45, 2.75) is 13.0 Å². The van der Waals surface area contributed by atoms with Crippen molar-refractivity contribution < 1.29 is 13.9 Å². The van der Waals surface area contributed by atoms with E-state index < -0.39 is 11.7 Å². The molecular weight excluding hydrogens is 329 g/mol. The molecule has 1 aromatic rings. The summed E-state index contributed by atoms with van der Waals surface area (Å²) in [5.74, 6) is -0.921. The van der Waals surface area contributed by atoms with Crippen molar-refractivity contribution in [1.29, 1.82) is 0 Å². The van der Waals surface area contributed by atoms with Crippen molar-refractivity contribution in [2.75, 3.05) is 13.7 Å². The smallest absolute Gasteiger partial charge is 0.262 e. The Hall–Kier alpha value is -1.70. The van der Waals surface area contributed by atoms with Gasteiger partial charge >= 0.3 is 0 Å². The second kappa shape index (κ2) is 9.34. The van der Waals surface area contributed by atoms with Gasteiger partial charge in [0.25, 0.3) is 5.91 Å². The highest BCUT2D eigenvalue weighted by molar-refractivity contribution is 7.80. The summed E-state index contributed by atoms with van der Waals surface area (Å²) < 4.78 is 17.9. The molecule has 1 atom stereocenters. The van der Waals surface area contributed by atoms with Crippen LogP contribution in [0.4, 0.5) is 4.39 Å². The van der Waals surface area contributed by atoms with E-state index in [0.29, 0.717) is 12.2 Å². The number of rotatable bonds is 5. The van der Waals surface area contributed by atoms with Crippen LogP contribution < -0.4 is 16.2 Å². The van der Waals surface area contributed by atoms with Gasteiger partial charge in [-0.15, -0.1) is 0 Å². The lowest BCUT2D eigenvalue weighted by Gasteiger charge is -2.15. The molecule has 120 valence electrons. The van der Waals surface area contributed by atoms with E-state index in [1.165, 1.54) is 30.4 Å². The number of hydrazine groups is 1. The van der Waals surface area contributed by atoms with Gasteiger partial charge in [0.15, 0.2) is 5.11 Å². The molecule has 0 bridgehead atoms. The number of benzene rings is 1. The molecule has 0 fully saturated rings. The fraction of sp³-hybridized carbons (Fsp3) is 0.286. The van der Waals surface area contributed by atoms with Gasteiger partial charge < -0.3 is 10.1 Å². The van der Waals surface area contributed by atoms with Gasteiger partial charge in [-0.25, -0.2) is 4.39 Å². The number of amides is 1. The summed E-state index contributed by atoms with van der Waals surface area (Å²) in [7, 11) is 1.59. The first kappa shape index (κ1) is 18.3. The summed E-state index contributed by atoms with van der Waals surface area (Å²) in [5.41, 5.74) is 5.56. The summed E-state index contributed by atoms with van der Waals surface area (Å²) in [6, 6.07) is 4.18. The van der Waals surface area contributed by atoms with Gasteiger partial charge in [-0.05, 0) is 42.9 Å². The topological polar surface area (TPSA) is 62.4 Å². The molecule has 0 unspecified atom stereocenters. The van der Waals surface area contributed by atoms with Crippen LogP contribution in [-0.2, 0) is 9.53 Å². The number of carbonyl (C=O) groups is 1. The molecule has 5 nitrogen and oxygen atoms in total. The second-order valence-corrected chi connectivity index (χ2v) is 5.27. The van der Waals surface area contributed by atoms with E-state index >= 15 is 0 Å². The van der Waals surface area contributed by atoms with Crippen molar-refractivity contribution in [3.8, 4) is 0 Å². The molecule has 1 amide bonds. The van der Waals surface area contributed by atoms with Gasteiger partial charge in [0.2, 0.25) is 0 Å². The highest BCUT2D eigenvalue weighted by Crippen LogP contribution is 2.16. The third-order valence-corrected chi connectivity index (χ3v) is 2.97. The second-order valence-electron chi connectivity index (χ2n) is 4.45. The molecular formula is C14H17ClFN3O2S. The van der Waals surface area contributed by atoms with Crippen molar-refractivity contribution >= 4 is 40.9 Å². The van der Waals surface area contributed by atoms with Gasteiger partial charge in [0.1, 0.15) is 5.82 Å². The maximum absolute atomic E-state index is 13.0. The molecule has 1 rings (SSSR count). The highest BCUT2D eigenvalue weighted by Gasteiger charge is 2.04. The van der Waals surface area contributed by atoms with Gasteiger partial charge in [-0.2, -0.15) is 0 Å². The molecule has 0 aromatic heterocycles. The lowest BCUT2D eigenvalue weighted by atomic mass is 10.2. The molecule has 0 radical (unpaired) electrons. The van der Waals surface area contributed by atoms with Gasteiger partial charge in [0.05, 0.1) is 11.6 Å². The molecule has 0 saturated heterocycles. The molecule has 0 spiro atoms. The maximum atomic E-state index is 13.0. The summed E-state index contributed by atoms with van der Waals surface area (Å²) >= 11 is 10.6. The first-order chi connectivity index (χ1) is 10.4. The van der Waals surface area contributed by atoms with Crippen LogP contribution in [0.3, 0.4) is 0 Å². The van der Waals surface area contributed by atoms with Gasteiger partial charge in [-0.1, -0.05) is 17.7 Å². The Balaban J connectivity index is 2.41. The molecule has 22 heavy (non-hydrogen) atoms. The minimum atomic E-state index is -0.508. The quantitative estimate of drug-likeness (QED) is 0.433. The normalized spacial score (nSPS) is 12.0. The number of nitrogens with one attached hydrogen (secondary N) is 3. The van der Waals surface area contributed by atoms with Crippen LogP contribution in [0.1, 0.15) is 12.5 Å². The summed E-state index contributed by atoms with van der Waals surface area (Å²) in [6.45, 7) is 2.37. The molecule has 1 aromatic carbocycles. The Morgan fingerprint density at radius 1 is 1.50 bits per heavy atom. The largest absolute Gasteiger partial charge is 0.383 e. The van der Waals surface area contributed by atoms with E-state index in [1.807, 2.05) is 6.92 Å². The Labute approximate surface area is 138 Å². The minimum Gasteiger partial charge on any atom is -0.383 e. The molecule has 3 N–H and O–H groups in total. The van der Waals surface area contributed by atoms with Crippen LogP contribution in [-0.4, -0.2) is 30.8 Å². The van der Waals surface area contributed by atoms with E-state index in [4.69, 9.17) is 28.6 Å². The van der Waals surface area contributed by atoms with E-state index in [-0.39, 0.29) is 16.2 Å². The summed E-state index contributed by atoms with van der Waals surface area (Å²) in [6.07, 6.45) is 2.78. The molecule has 8 heteroatoms. The van der Waals surface area contributed by atoms with Crippen LogP contribution >= 0.6 is 23.8 Å². The van der Waals surface area contributed by atoms with E-state index in [1.54, 1.807) is 7.11 Å². The van der Waals surface area contributed by atoms with Crippen molar-refractivity contribution in [3.05, 3.63) is 40.7 Å². The SMILES string of the molecule is COC[C@H](C)NC(=S)NNC(=O)/C=C/c1ccc(F)c(Cl)c1. The highest BCUT2D eigenvalue weighted by atomic mass is 35.5. The van der Waals surface area contributed by atoms with Gasteiger partial charge in [-0.3, -0.25) is 15.6 Å². The third-order valence-electron chi connectivity index (χ3n) is 2.46. The number of hydrogen-bond acceptors (Lipinski definition) is 3. The molecule has 0 aliphatic rings. The Kier molecular flexibility index (Phi) is 7.79. The monoisotopic (exact) mass is 345 g/mol. The predicted molar refractivity (Wildman–Crippen MR) is 88.8 cm³/mol. The average molecular weight is 346 g/mol. The number of halogens is 2. The molecule has 0 aliphatic heterocycles. The number of thiocarbonyl (C=S) groups is 1. The Morgan fingerprint density at radius 3 is 2.86 bits per heavy atom. The molecule has 0 saturated carbocycles. The van der Waals surface area contributed by atoms with Crippen LogP contribution in [0.5, 0.6) is 0 Å². The molecule has 0 heterocycles. The Bertz CT molecular complexity index is 569. The fourth-order valence-electron chi connectivity index (χ4n) is 1.50. The van der Waals surface area contributed by atoms with Crippen LogP contribution in [0.15, 0.2) is 24.3 Å². The zero-order chi connectivity index (χ0) is 16.5. The zero-order valence-electron chi connectivity index (χ0n) is 12.2. The minimum absolute atomic E-state index is 0.00167. The van der Waals surface area contributed by atoms with Crippen LogP contribution in [0, 0.1) is 5.82 Å². The summed E-state index contributed by atoms with van der Waals surface area (Å²) in [4.78, 5) is 11.6. The van der Waals surface area contributed by atoms with E-state index in [9.17, 15) is 9.18 Å². The standard InChI is InChI=1S/C14H17ClFN3O2S/c1-9(8-21-2)17-14(22)19-18-13(20)6-4-10-3-5-12(16)11(15)7-10/h3-7,9H,8H2,1-2H3,(H,18,20)(H2,17,19,22)/b6-4+/t9-/m0/s1. The number of hydrogen-bond donors (Lipinski definition) is 3. The summed E-state index contributed by atoms with van der Waals surface area (Å²) in [5, 5.41) is 3.19. The average Bonchev–Trinajstić information content (AvgIpc) is 2.46. The maximum Gasteiger partial charge on any atom is 0.262 e. The zero-order valence-corrected chi connectivity index (χ0v) is 13.7. The van der Waals surface area contributed by atoms with Crippen molar-refractivity contribution in [2.24, 2.45) is 0 Å². The fourth-order valence-corrected chi connectivity index (χ4v) is 1.94. The van der Waals surface area contributed by atoms with Crippen molar-refractivity contribution in [1.82, 2.24) is 16.2 Å². The molecule has 0 aliphatic carbocycles. The van der Waals surface area contributed by atoms with E-state index in [2.05, 4.69) is 16.2 Å². The third kappa shape index (κ3) is 6.84. The van der Waals surface area contributed by atoms with Crippen LogP contribution in [0.25, 0.3) is 6.08 Å². The van der Waals surface area contributed by atoms with Crippen molar-refractivity contribution in [3.63, 3.8) is 0 Å². The lowest BCUT2D eigenvalue weighted by molar-refractivity contribution is -0.116. The first-order valence-corrected chi connectivity index (χ1v) is 7.19. The number of ether oxygens (including phenoxy) is 1.